The third kappa shape index (κ3) is 10.1. The summed E-state index contributed by atoms with van der Waals surface area (Å²) in [6, 6.07) is 14.9. The fourth-order valence-electron chi connectivity index (χ4n) is 4.18. The van der Waals surface area contributed by atoms with E-state index in [-0.39, 0.29) is 0 Å². The first-order valence-electron chi connectivity index (χ1n) is 13.5. The largest absolute Gasteiger partial charge is 0.493 e. The number of rotatable bonds is 19. The summed E-state index contributed by atoms with van der Waals surface area (Å²) >= 11 is 0. The van der Waals surface area contributed by atoms with Gasteiger partial charge in [-0.3, -0.25) is 0 Å². The standard InChI is InChI=1S/C30H46O4/c1-3-5-7-9-11-17-23-33-27-21-15-13-19-25(27)29(31)30(32)26-20-14-16-22-28(26)34-24-18-12-10-8-6-4-2/h13-16,19-22,29-32H,3-12,17-18,23-24H2,1-2H3. The maximum atomic E-state index is 11.1. The molecule has 2 atom stereocenters. The molecule has 4 nitrogen and oxygen atoms in total. The summed E-state index contributed by atoms with van der Waals surface area (Å²) in [5.74, 6) is 1.26. The SMILES string of the molecule is CCCCCCCCOc1ccccc1C(O)C(O)c1ccccc1OCCCCCCCC. The Morgan fingerprint density at radius 1 is 0.529 bits per heavy atom. The molecule has 4 heteroatoms. The minimum Gasteiger partial charge on any atom is -0.493 e. The molecule has 190 valence electrons. The molecular formula is C30H46O4. The van der Waals surface area contributed by atoms with Crippen LogP contribution in [0.3, 0.4) is 0 Å². The highest BCUT2D eigenvalue weighted by molar-refractivity contribution is 5.40. The first-order chi connectivity index (χ1) is 16.7. The van der Waals surface area contributed by atoms with Gasteiger partial charge in [0.25, 0.3) is 0 Å². The van der Waals surface area contributed by atoms with E-state index in [2.05, 4.69) is 13.8 Å². The smallest absolute Gasteiger partial charge is 0.125 e. The van der Waals surface area contributed by atoms with Gasteiger partial charge < -0.3 is 19.7 Å². The maximum absolute atomic E-state index is 11.1. The summed E-state index contributed by atoms with van der Waals surface area (Å²) in [6.07, 6.45) is 12.2. The molecule has 0 heterocycles. The van der Waals surface area contributed by atoms with Gasteiger partial charge in [-0.25, -0.2) is 0 Å². The summed E-state index contributed by atoms with van der Waals surface area (Å²) in [6.45, 7) is 5.67. The van der Waals surface area contributed by atoms with E-state index in [9.17, 15) is 10.2 Å². The quantitative estimate of drug-likeness (QED) is 0.205. The molecule has 0 saturated heterocycles. The summed E-state index contributed by atoms with van der Waals surface area (Å²) < 4.78 is 12.0. The zero-order valence-corrected chi connectivity index (χ0v) is 21.4. The zero-order chi connectivity index (χ0) is 24.4. The molecule has 0 saturated carbocycles. The van der Waals surface area contributed by atoms with Gasteiger partial charge in [0.05, 0.1) is 13.2 Å². The number of benzene rings is 2. The number of hydrogen-bond donors (Lipinski definition) is 2. The molecule has 0 fully saturated rings. The van der Waals surface area contributed by atoms with Crippen LogP contribution in [-0.2, 0) is 0 Å². The van der Waals surface area contributed by atoms with Crippen LogP contribution in [0.15, 0.2) is 48.5 Å². The Bertz CT molecular complexity index is 710. The van der Waals surface area contributed by atoms with Crippen molar-refractivity contribution in [3.63, 3.8) is 0 Å². The lowest BCUT2D eigenvalue weighted by Crippen LogP contribution is -2.14. The van der Waals surface area contributed by atoms with Crippen LogP contribution in [0.4, 0.5) is 0 Å². The monoisotopic (exact) mass is 470 g/mol. The van der Waals surface area contributed by atoms with Crippen LogP contribution in [0.25, 0.3) is 0 Å². The van der Waals surface area contributed by atoms with E-state index < -0.39 is 12.2 Å². The van der Waals surface area contributed by atoms with Crippen molar-refractivity contribution in [1.29, 1.82) is 0 Å². The lowest BCUT2D eigenvalue weighted by Gasteiger charge is -2.23. The third-order valence-corrected chi connectivity index (χ3v) is 6.29. The van der Waals surface area contributed by atoms with Crippen LogP contribution < -0.4 is 9.47 Å². The topological polar surface area (TPSA) is 58.9 Å². The predicted octanol–water partition coefficient (Wildman–Crippen LogP) is 7.93. The highest BCUT2D eigenvalue weighted by Gasteiger charge is 2.25. The van der Waals surface area contributed by atoms with E-state index in [1.54, 1.807) is 0 Å². The van der Waals surface area contributed by atoms with Gasteiger partial charge in [-0.1, -0.05) is 114 Å². The van der Waals surface area contributed by atoms with Crippen LogP contribution in [-0.4, -0.2) is 23.4 Å². The van der Waals surface area contributed by atoms with Crippen LogP contribution >= 0.6 is 0 Å². The maximum Gasteiger partial charge on any atom is 0.125 e. The van der Waals surface area contributed by atoms with Crippen molar-refractivity contribution in [3.8, 4) is 11.5 Å². The average Bonchev–Trinajstić information content (AvgIpc) is 2.87. The molecular weight excluding hydrogens is 424 g/mol. The number of unbranched alkanes of at least 4 members (excludes halogenated alkanes) is 10. The lowest BCUT2D eigenvalue weighted by molar-refractivity contribution is 0.0138. The highest BCUT2D eigenvalue weighted by atomic mass is 16.5. The van der Waals surface area contributed by atoms with Crippen LogP contribution in [0, 0.1) is 0 Å². The van der Waals surface area contributed by atoms with Gasteiger partial charge in [-0.05, 0) is 25.0 Å². The van der Waals surface area contributed by atoms with Gasteiger partial charge in [0.2, 0.25) is 0 Å². The van der Waals surface area contributed by atoms with Crippen molar-refractivity contribution >= 4 is 0 Å². The van der Waals surface area contributed by atoms with Crippen molar-refractivity contribution in [2.24, 2.45) is 0 Å². The molecule has 0 bridgehead atoms. The van der Waals surface area contributed by atoms with E-state index in [0.717, 1.165) is 25.7 Å². The second-order valence-corrected chi connectivity index (χ2v) is 9.20. The average molecular weight is 471 g/mol. The van der Waals surface area contributed by atoms with E-state index in [0.29, 0.717) is 35.8 Å². The first kappa shape index (κ1) is 28.2. The molecule has 0 radical (unpaired) electrons. The van der Waals surface area contributed by atoms with E-state index in [1.165, 1.54) is 51.4 Å². The van der Waals surface area contributed by atoms with E-state index >= 15 is 0 Å². The van der Waals surface area contributed by atoms with E-state index in [4.69, 9.17) is 9.47 Å². The first-order valence-corrected chi connectivity index (χ1v) is 13.5. The number of aliphatic hydroxyl groups excluding tert-OH is 2. The van der Waals surface area contributed by atoms with Gasteiger partial charge >= 0.3 is 0 Å². The molecule has 2 unspecified atom stereocenters. The van der Waals surface area contributed by atoms with Gasteiger partial charge in [0.1, 0.15) is 23.7 Å². The normalized spacial score (nSPS) is 12.9. The van der Waals surface area contributed by atoms with Crippen molar-refractivity contribution < 1.29 is 19.7 Å². The number of ether oxygens (including phenoxy) is 2. The Labute approximate surface area is 207 Å². The molecule has 0 aliphatic carbocycles. The Balaban J connectivity index is 1.92. The lowest BCUT2D eigenvalue weighted by atomic mass is 9.97. The minimum atomic E-state index is -1.10. The molecule has 34 heavy (non-hydrogen) atoms. The van der Waals surface area contributed by atoms with Crippen LogP contribution in [0.5, 0.6) is 11.5 Å². The van der Waals surface area contributed by atoms with E-state index in [1.807, 2.05) is 48.5 Å². The molecule has 2 rings (SSSR count). The zero-order valence-electron chi connectivity index (χ0n) is 21.4. The molecule has 2 N–H and O–H groups in total. The van der Waals surface area contributed by atoms with Crippen molar-refractivity contribution in [2.75, 3.05) is 13.2 Å². The molecule has 0 aliphatic rings. The minimum absolute atomic E-state index is 0.603. The number of hydrogen-bond acceptors (Lipinski definition) is 4. The molecule has 0 aliphatic heterocycles. The van der Waals surface area contributed by atoms with Crippen LogP contribution in [0.2, 0.25) is 0 Å². The van der Waals surface area contributed by atoms with Gasteiger partial charge in [0, 0.05) is 11.1 Å². The third-order valence-electron chi connectivity index (χ3n) is 6.29. The molecule has 0 amide bonds. The van der Waals surface area contributed by atoms with Gasteiger partial charge in [0.15, 0.2) is 0 Å². The van der Waals surface area contributed by atoms with Crippen molar-refractivity contribution in [2.45, 2.75) is 103 Å². The fourth-order valence-corrected chi connectivity index (χ4v) is 4.18. The van der Waals surface area contributed by atoms with Gasteiger partial charge in [-0.2, -0.15) is 0 Å². The molecule has 0 aromatic heterocycles. The van der Waals surface area contributed by atoms with Crippen molar-refractivity contribution in [1.82, 2.24) is 0 Å². The second-order valence-electron chi connectivity index (χ2n) is 9.20. The Hall–Kier alpha value is -2.04. The Morgan fingerprint density at radius 3 is 1.29 bits per heavy atom. The highest BCUT2D eigenvalue weighted by Crippen LogP contribution is 2.37. The van der Waals surface area contributed by atoms with Crippen LogP contribution in [0.1, 0.15) is 114 Å². The van der Waals surface area contributed by atoms with Gasteiger partial charge in [-0.15, -0.1) is 0 Å². The number of para-hydroxylation sites is 2. The second kappa shape index (κ2) is 17.4. The fraction of sp³-hybridized carbons (Fsp3) is 0.600. The Kier molecular flexibility index (Phi) is 14.4. The molecule has 2 aromatic carbocycles. The van der Waals surface area contributed by atoms with Crippen molar-refractivity contribution in [3.05, 3.63) is 59.7 Å². The summed E-state index contributed by atoms with van der Waals surface area (Å²) in [5.41, 5.74) is 1.21. The number of aliphatic hydroxyl groups is 2. The Morgan fingerprint density at radius 2 is 0.882 bits per heavy atom. The molecule has 0 spiro atoms. The summed E-state index contributed by atoms with van der Waals surface area (Å²) in [7, 11) is 0. The summed E-state index contributed by atoms with van der Waals surface area (Å²) in [4.78, 5) is 0. The predicted molar refractivity (Wildman–Crippen MR) is 141 cm³/mol. The summed E-state index contributed by atoms with van der Waals surface area (Å²) in [5, 5.41) is 22.1. The molecule has 2 aromatic rings.